The fourth-order valence-corrected chi connectivity index (χ4v) is 2.83. The van der Waals surface area contributed by atoms with Crippen LogP contribution in [-0.4, -0.2) is 44.8 Å². The Labute approximate surface area is 146 Å². The van der Waals surface area contributed by atoms with Crippen LogP contribution < -0.4 is 10.2 Å². The smallest absolute Gasteiger partial charge is 0.222 e. The lowest BCUT2D eigenvalue weighted by Crippen LogP contribution is -2.50. The minimum atomic E-state index is 0.561. The molecule has 25 heavy (non-hydrogen) atoms. The van der Waals surface area contributed by atoms with Crippen LogP contribution in [0.1, 0.15) is 5.69 Å². The molecule has 4 rings (SSSR count). The number of pyridine rings is 1. The quantitative estimate of drug-likeness (QED) is 0.766. The molecule has 1 fully saturated rings. The number of anilines is 2. The van der Waals surface area contributed by atoms with Crippen molar-refractivity contribution in [3.05, 3.63) is 54.6 Å². The van der Waals surface area contributed by atoms with Crippen molar-refractivity contribution in [2.45, 2.75) is 6.92 Å². The summed E-state index contributed by atoms with van der Waals surface area (Å²) in [4.78, 5) is 14.8. The van der Waals surface area contributed by atoms with Crippen LogP contribution in [-0.2, 0) is 0 Å². The van der Waals surface area contributed by atoms with Gasteiger partial charge in [0.05, 0.1) is 5.69 Å². The van der Waals surface area contributed by atoms with Gasteiger partial charge in [-0.1, -0.05) is 0 Å². The predicted molar refractivity (Wildman–Crippen MR) is 96.2 cm³/mol. The Kier molecular flexibility index (Phi) is 4.20. The van der Waals surface area contributed by atoms with Gasteiger partial charge in [-0.05, 0) is 37.3 Å². The highest BCUT2D eigenvalue weighted by Crippen LogP contribution is 2.24. The molecule has 0 unspecified atom stereocenters. The van der Waals surface area contributed by atoms with Gasteiger partial charge in [0.2, 0.25) is 5.95 Å². The van der Waals surface area contributed by atoms with E-state index in [2.05, 4.69) is 35.4 Å². The van der Waals surface area contributed by atoms with E-state index in [1.807, 2.05) is 37.3 Å². The molecular weight excluding hydrogens is 314 g/mol. The van der Waals surface area contributed by atoms with Gasteiger partial charge in [-0.3, -0.25) is 4.98 Å². The third-order valence-electron chi connectivity index (χ3n) is 4.25. The van der Waals surface area contributed by atoms with Gasteiger partial charge >= 0.3 is 0 Å². The lowest BCUT2D eigenvalue weighted by Gasteiger charge is -2.39. The highest BCUT2D eigenvalue weighted by Gasteiger charge is 2.27. The monoisotopic (exact) mass is 333 g/mol. The fourth-order valence-electron chi connectivity index (χ4n) is 2.83. The summed E-state index contributed by atoms with van der Waals surface area (Å²) in [5, 5.41) is 12.0. The van der Waals surface area contributed by atoms with E-state index in [0.29, 0.717) is 11.9 Å². The van der Waals surface area contributed by atoms with Crippen LogP contribution in [0.4, 0.5) is 11.8 Å². The van der Waals surface area contributed by atoms with Crippen LogP contribution in [0.25, 0.3) is 11.3 Å². The SMILES string of the molecule is Cc1ccnc(NCC2CN(c3ccc(-c4ccncc4)nn3)C2)n1. The zero-order chi connectivity index (χ0) is 17.1. The van der Waals surface area contributed by atoms with Crippen molar-refractivity contribution in [2.75, 3.05) is 29.9 Å². The summed E-state index contributed by atoms with van der Waals surface area (Å²) in [7, 11) is 0. The van der Waals surface area contributed by atoms with Crippen LogP contribution in [0.15, 0.2) is 48.9 Å². The van der Waals surface area contributed by atoms with Crippen molar-refractivity contribution in [3.63, 3.8) is 0 Å². The molecule has 0 aromatic carbocycles. The van der Waals surface area contributed by atoms with E-state index in [1.165, 1.54) is 0 Å². The van der Waals surface area contributed by atoms with Gasteiger partial charge in [-0.2, -0.15) is 0 Å². The Morgan fingerprint density at radius 2 is 1.88 bits per heavy atom. The molecule has 1 aliphatic heterocycles. The molecule has 4 heterocycles. The molecule has 3 aromatic rings. The Hall–Kier alpha value is -3.09. The van der Waals surface area contributed by atoms with Crippen molar-refractivity contribution >= 4 is 11.8 Å². The number of aryl methyl sites for hydroxylation is 1. The molecule has 0 amide bonds. The topological polar surface area (TPSA) is 79.7 Å². The van der Waals surface area contributed by atoms with Crippen LogP contribution in [0.3, 0.4) is 0 Å². The molecule has 0 atom stereocenters. The first-order chi connectivity index (χ1) is 12.3. The molecule has 0 spiro atoms. The minimum absolute atomic E-state index is 0.561. The average Bonchev–Trinajstić information content (AvgIpc) is 2.62. The van der Waals surface area contributed by atoms with Crippen molar-refractivity contribution in [1.29, 1.82) is 0 Å². The maximum absolute atomic E-state index is 4.36. The number of nitrogens with one attached hydrogen (secondary N) is 1. The first-order valence-corrected chi connectivity index (χ1v) is 8.30. The van der Waals surface area contributed by atoms with Crippen molar-refractivity contribution in [1.82, 2.24) is 25.1 Å². The van der Waals surface area contributed by atoms with Crippen LogP contribution >= 0.6 is 0 Å². The molecule has 0 saturated carbocycles. The van der Waals surface area contributed by atoms with E-state index in [0.717, 1.165) is 42.4 Å². The molecule has 0 bridgehead atoms. The largest absolute Gasteiger partial charge is 0.354 e. The second kappa shape index (κ2) is 6.80. The van der Waals surface area contributed by atoms with Crippen LogP contribution in [0, 0.1) is 12.8 Å². The van der Waals surface area contributed by atoms with Gasteiger partial charge in [0.1, 0.15) is 0 Å². The summed E-state index contributed by atoms with van der Waals surface area (Å²) >= 11 is 0. The van der Waals surface area contributed by atoms with Crippen LogP contribution in [0.5, 0.6) is 0 Å². The average molecular weight is 333 g/mol. The number of aromatic nitrogens is 5. The van der Waals surface area contributed by atoms with E-state index in [9.17, 15) is 0 Å². The summed E-state index contributed by atoms with van der Waals surface area (Å²) in [6.45, 7) is 4.75. The summed E-state index contributed by atoms with van der Waals surface area (Å²) in [6.07, 6.45) is 5.30. The molecule has 0 aliphatic carbocycles. The molecule has 7 heteroatoms. The highest BCUT2D eigenvalue weighted by atomic mass is 15.3. The standard InChI is InChI=1S/C18H19N7/c1-13-4-9-20-18(22-13)21-10-14-11-25(12-14)17-3-2-16(23-24-17)15-5-7-19-8-6-15/h2-9,14H,10-12H2,1H3,(H,20,21,22). The van der Waals surface area contributed by atoms with Crippen molar-refractivity contribution in [2.24, 2.45) is 5.92 Å². The number of rotatable bonds is 5. The molecule has 0 radical (unpaired) electrons. The molecule has 3 aromatic heterocycles. The predicted octanol–water partition coefficient (Wildman–Crippen LogP) is 2.19. The summed E-state index contributed by atoms with van der Waals surface area (Å²) in [6, 6.07) is 9.79. The zero-order valence-corrected chi connectivity index (χ0v) is 14.0. The lowest BCUT2D eigenvalue weighted by molar-refractivity contribution is 0.425. The Balaban J connectivity index is 1.30. The Morgan fingerprint density at radius 1 is 1.04 bits per heavy atom. The second-order valence-corrected chi connectivity index (χ2v) is 6.19. The first-order valence-electron chi connectivity index (χ1n) is 8.30. The lowest BCUT2D eigenvalue weighted by atomic mass is 10.0. The van der Waals surface area contributed by atoms with Gasteiger partial charge in [0, 0.05) is 55.4 Å². The molecular formula is C18H19N7. The molecule has 1 saturated heterocycles. The van der Waals surface area contributed by atoms with E-state index in [4.69, 9.17) is 0 Å². The van der Waals surface area contributed by atoms with Gasteiger partial charge in [-0.25, -0.2) is 9.97 Å². The van der Waals surface area contributed by atoms with E-state index in [1.54, 1.807) is 18.6 Å². The van der Waals surface area contributed by atoms with Crippen molar-refractivity contribution < 1.29 is 0 Å². The third-order valence-corrected chi connectivity index (χ3v) is 4.25. The van der Waals surface area contributed by atoms with Crippen molar-refractivity contribution in [3.8, 4) is 11.3 Å². The fraction of sp³-hybridized carbons (Fsp3) is 0.278. The van der Waals surface area contributed by atoms with E-state index in [-0.39, 0.29) is 0 Å². The molecule has 7 nitrogen and oxygen atoms in total. The maximum Gasteiger partial charge on any atom is 0.222 e. The second-order valence-electron chi connectivity index (χ2n) is 6.19. The van der Waals surface area contributed by atoms with Crippen LogP contribution in [0.2, 0.25) is 0 Å². The Bertz CT molecular complexity index is 830. The summed E-state index contributed by atoms with van der Waals surface area (Å²) in [5.74, 6) is 2.17. The van der Waals surface area contributed by atoms with Gasteiger partial charge in [0.15, 0.2) is 5.82 Å². The van der Waals surface area contributed by atoms with Gasteiger partial charge < -0.3 is 10.2 Å². The number of hydrogen-bond acceptors (Lipinski definition) is 7. The molecule has 126 valence electrons. The maximum atomic E-state index is 4.36. The van der Waals surface area contributed by atoms with E-state index < -0.39 is 0 Å². The molecule has 1 aliphatic rings. The van der Waals surface area contributed by atoms with Gasteiger partial charge in [0.25, 0.3) is 0 Å². The normalized spacial score (nSPS) is 14.2. The third kappa shape index (κ3) is 3.55. The summed E-state index contributed by atoms with van der Waals surface area (Å²) < 4.78 is 0. The number of nitrogens with zero attached hydrogens (tertiary/aromatic N) is 6. The minimum Gasteiger partial charge on any atom is -0.354 e. The van der Waals surface area contributed by atoms with Gasteiger partial charge in [-0.15, -0.1) is 10.2 Å². The zero-order valence-electron chi connectivity index (χ0n) is 14.0. The Morgan fingerprint density at radius 3 is 2.60 bits per heavy atom. The highest BCUT2D eigenvalue weighted by molar-refractivity contribution is 5.59. The number of hydrogen-bond donors (Lipinski definition) is 1. The summed E-state index contributed by atoms with van der Waals surface area (Å²) in [5.41, 5.74) is 2.86. The first kappa shape index (κ1) is 15.4. The molecule has 1 N–H and O–H groups in total. The van der Waals surface area contributed by atoms with E-state index >= 15 is 0 Å².